The van der Waals surface area contributed by atoms with E-state index in [4.69, 9.17) is 5.73 Å². The van der Waals surface area contributed by atoms with Crippen LogP contribution in [0.25, 0.3) is 0 Å². The van der Waals surface area contributed by atoms with Gasteiger partial charge < -0.3 is 5.73 Å². The third kappa shape index (κ3) is 3.23. The van der Waals surface area contributed by atoms with E-state index in [0.29, 0.717) is 6.42 Å². The van der Waals surface area contributed by atoms with E-state index in [0.717, 1.165) is 22.0 Å². The van der Waals surface area contributed by atoms with Crippen molar-refractivity contribution >= 4 is 15.9 Å². The molecule has 2 N–H and O–H groups in total. The molecule has 0 radical (unpaired) electrons. The molecule has 0 saturated carbocycles. The molecule has 0 aliphatic carbocycles. The predicted octanol–water partition coefficient (Wildman–Crippen LogP) is 4.39. The van der Waals surface area contributed by atoms with E-state index in [2.05, 4.69) is 22.9 Å². The molecule has 0 spiro atoms. The van der Waals surface area contributed by atoms with Gasteiger partial charge in [0.25, 0.3) is 0 Å². The van der Waals surface area contributed by atoms with Gasteiger partial charge in [0, 0.05) is 10.0 Å². The Morgan fingerprint density at radius 1 is 1.16 bits per heavy atom. The van der Waals surface area contributed by atoms with Crippen molar-refractivity contribution in [3.8, 4) is 0 Å². The maximum Gasteiger partial charge on any atom is 0.123 e. The maximum absolute atomic E-state index is 13.4. The minimum Gasteiger partial charge on any atom is -0.321 e. The summed E-state index contributed by atoms with van der Waals surface area (Å²) in [5, 5.41) is 0. The van der Waals surface area contributed by atoms with Gasteiger partial charge in [-0.25, -0.2) is 4.39 Å². The summed E-state index contributed by atoms with van der Waals surface area (Å²) in [7, 11) is 0. The lowest BCUT2D eigenvalue weighted by Crippen LogP contribution is -2.38. The number of halogens is 2. The van der Waals surface area contributed by atoms with Crippen molar-refractivity contribution in [1.82, 2.24) is 0 Å². The van der Waals surface area contributed by atoms with Crippen molar-refractivity contribution in [3.63, 3.8) is 0 Å². The van der Waals surface area contributed by atoms with Crippen LogP contribution < -0.4 is 5.73 Å². The summed E-state index contributed by atoms with van der Waals surface area (Å²) in [6.07, 6.45) is 1.39. The summed E-state index contributed by atoms with van der Waals surface area (Å²) in [6.45, 7) is 2.06. The molecule has 0 aliphatic rings. The predicted molar refractivity (Wildman–Crippen MR) is 80.4 cm³/mol. The Hall–Kier alpha value is -1.19. The first kappa shape index (κ1) is 14.2. The molecule has 3 heteroatoms. The molecule has 1 unspecified atom stereocenters. The molecule has 100 valence electrons. The number of nitrogens with two attached hydrogens (primary N) is 1. The van der Waals surface area contributed by atoms with Crippen LogP contribution in [0.2, 0.25) is 0 Å². The zero-order chi connectivity index (χ0) is 13.9. The van der Waals surface area contributed by atoms with Crippen LogP contribution in [0.5, 0.6) is 0 Å². The number of rotatable bonds is 4. The van der Waals surface area contributed by atoms with Crippen LogP contribution in [0.15, 0.2) is 53.0 Å². The van der Waals surface area contributed by atoms with E-state index in [1.54, 1.807) is 12.1 Å². The van der Waals surface area contributed by atoms with Crippen LogP contribution in [0.1, 0.15) is 24.5 Å². The monoisotopic (exact) mass is 321 g/mol. The highest BCUT2D eigenvalue weighted by atomic mass is 79.9. The molecular weight excluding hydrogens is 305 g/mol. The molecule has 1 atom stereocenters. The van der Waals surface area contributed by atoms with Crippen LogP contribution in [0.4, 0.5) is 4.39 Å². The molecule has 2 aromatic carbocycles. The average Bonchev–Trinajstić information content (AvgIpc) is 2.44. The Morgan fingerprint density at radius 2 is 1.84 bits per heavy atom. The largest absolute Gasteiger partial charge is 0.321 e. The van der Waals surface area contributed by atoms with Crippen molar-refractivity contribution in [2.24, 2.45) is 5.73 Å². The summed E-state index contributed by atoms with van der Waals surface area (Å²) < 4.78 is 14.3. The van der Waals surface area contributed by atoms with Crippen molar-refractivity contribution in [1.29, 1.82) is 0 Å². The zero-order valence-electron chi connectivity index (χ0n) is 10.9. The molecular formula is C16H17BrFN. The molecule has 0 amide bonds. The van der Waals surface area contributed by atoms with Crippen molar-refractivity contribution in [3.05, 3.63) is 69.9 Å². The third-order valence-corrected chi connectivity index (χ3v) is 4.27. The van der Waals surface area contributed by atoms with E-state index in [1.807, 2.05) is 30.3 Å². The SMILES string of the molecule is CCC(N)(Cc1cc(F)ccc1Br)c1ccccc1. The van der Waals surface area contributed by atoms with Crippen LogP contribution in [-0.4, -0.2) is 0 Å². The molecule has 0 fully saturated rings. The second-order valence-electron chi connectivity index (χ2n) is 4.79. The molecule has 0 saturated heterocycles. The fourth-order valence-corrected chi connectivity index (χ4v) is 2.61. The second kappa shape index (κ2) is 5.85. The van der Waals surface area contributed by atoms with Gasteiger partial charge in [0.15, 0.2) is 0 Å². The lowest BCUT2D eigenvalue weighted by molar-refractivity contribution is 0.423. The van der Waals surface area contributed by atoms with Crippen LogP contribution in [0.3, 0.4) is 0 Å². The van der Waals surface area contributed by atoms with Crippen molar-refractivity contribution < 1.29 is 4.39 Å². The summed E-state index contributed by atoms with van der Waals surface area (Å²) in [5.41, 5.74) is 8.03. The molecule has 19 heavy (non-hydrogen) atoms. The Balaban J connectivity index is 2.36. The zero-order valence-corrected chi connectivity index (χ0v) is 12.5. The molecule has 0 bridgehead atoms. The second-order valence-corrected chi connectivity index (χ2v) is 5.64. The van der Waals surface area contributed by atoms with Gasteiger partial charge >= 0.3 is 0 Å². The highest BCUT2D eigenvalue weighted by Gasteiger charge is 2.26. The first-order chi connectivity index (χ1) is 9.05. The quantitative estimate of drug-likeness (QED) is 0.887. The van der Waals surface area contributed by atoms with E-state index < -0.39 is 5.54 Å². The fraction of sp³-hybridized carbons (Fsp3) is 0.250. The Kier molecular flexibility index (Phi) is 4.38. The van der Waals surface area contributed by atoms with Gasteiger partial charge in [-0.15, -0.1) is 0 Å². The smallest absolute Gasteiger partial charge is 0.123 e. The highest BCUT2D eigenvalue weighted by molar-refractivity contribution is 9.10. The first-order valence-electron chi connectivity index (χ1n) is 6.33. The molecule has 0 aliphatic heterocycles. The van der Waals surface area contributed by atoms with Gasteiger partial charge in [0.2, 0.25) is 0 Å². The minimum absolute atomic E-state index is 0.232. The summed E-state index contributed by atoms with van der Waals surface area (Å²) in [5.74, 6) is -0.232. The molecule has 2 rings (SSSR count). The lowest BCUT2D eigenvalue weighted by Gasteiger charge is -2.29. The molecule has 0 aromatic heterocycles. The van der Waals surface area contributed by atoms with Crippen LogP contribution >= 0.6 is 15.9 Å². The van der Waals surface area contributed by atoms with E-state index in [9.17, 15) is 4.39 Å². The van der Waals surface area contributed by atoms with Crippen molar-refractivity contribution in [2.75, 3.05) is 0 Å². The number of hydrogen-bond donors (Lipinski definition) is 1. The Labute approximate surface area is 121 Å². The van der Waals surface area contributed by atoms with Crippen LogP contribution in [0, 0.1) is 5.82 Å². The Bertz CT molecular complexity index is 556. The number of benzene rings is 2. The van der Waals surface area contributed by atoms with Gasteiger partial charge in [-0.05, 0) is 42.2 Å². The lowest BCUT2D eigenvalue weighted by atomic mass is 9.82. The van der Waals surface area contributed by atoms with Gasteiger partial charge in [-0.1, -0.05) is 53.2 Å². The van der Waals surface area contributed by atoms with Gasteiger partial charge in [-0.3, -0.25) is 0 Å². The summed E-state index contributed by atoms with van der Waals surface area (Å²) in [6, 6.07) is 14.7. The summed E-state index contributed by atoms with van der Waals surface area (Å²) in [4.78, 5) is 0. The standard InChI is InChI=1S/C16H17BrFN/c1-2-16(19,13-6-4-3-5-7-13)11-12-10-14(18)8-9-15(12)17/h3-10H,2,11,19H2,1H3. The topological polar surface area (TPSA) is 26.0 Å². The fourth-order valence-electron chi connectivity index (χ4n) is 2.22. The molecule has 2 aromatic rings. The van der Waals surface area contributed by atoms with E-state index >= 15 is 0 Å². The minimum atomic E-state index is -0.475. The molecule has 1 nitrogen and oxygen atoms in total. The van der Waals surface area contributed by atoms with Crippen molar-refractivity contribution in [2.45, 2.75) is 25.3 Å². The van der Waals surface area contributed by atoms with Gasteiger partial charge in [0.05, 0.1) is 0 Å². The third-order valence-electron chi connectivity index (χ3n) is 3.49. The summed E-state index contributed by atoms with van der Waals surface area (Å²) >= 11 is 3.46. The van der Waals surface area contributed by atoms with Crippen LogP contribution in [-0.2, 0) is 12.0 Å². The van der Waals surface area contributed by atoms with Gasteiger partial charge in [-0.2, -0.15) is 0 Å². The maximum atomic E-state index is 13.4. The first-order valence-corrected chi connectivity index (χ1v) is 7.13. The average molecular weight is 322 g/mol. The Morgan fingerprint density at radius 3 is 2.47 bits per heavy atom. The normalized spacial score (nSPS) is 14.1. The van der Waals surface area contributed by atoms with E-state index in [-0.39, 0.29) is 5.82 Å². The van der Waals surface area contributed by atoms with Gasteiger partial charge in [0.1, 0.15) is 5.82 Å². The highest BCUT2D eigenvalue weighted by Crippen LogP contribution is 2.30. The molecule has 0 heterocycles. The number of hydrogen-bond acceptors (Lipinski definition) is 1. The van der Waals surface area contributed by atoms with E-state index in [1.165, 1.54) is 6.07 Å².